The Morgan fingerprint density at radius 3 is 2.04 bits per heavy atom. The number of carbonyl (C=O) groups excluding carboxylic acids is 1. The van der Waals surface area contributed by atoms with Crippen LogP contribution in [0, 0.1) is 5.92 Å². The molecule has 138 valence electrons. The van der Waals surface area contributed by atoms with Crippen molar-refractivity contribution < 1.29 is 9.90 Å². The van der Waals surface area contributed by atoms with Gasteiger partial charge in [0.05, 0.1) is 12.0 Å². The maximum Gasteiger partial charge on any atom is 0.238 e. The standard InChI is InChI=1S/C21H27N3O2/c1-16(20-19(12-13-25)21(26)23-22-20)24(14-17-8-4-2-5-9-17)15-18-10-6-3-7-11-18/h2-11,16,19-20,22,25H,12-15H2,1H3,(H,23,26)/t16-,19?,20-/m0/s1. The molecule has 1 fully saturated rings. The first kappa shape index (κ1) is 18.6. The van der Waals surface area contributed by atoms with Crippen molar-refractivity contribution in [2.45, 2.75) is 38.5 Å². The van der Waals surface area contributed by atoms with Crippen LogP contribution in [0.25, 0.3) is 0 Å². The highest BCUT2D eigenvalue weighted by Crippen LogP contribution is 2.23. The van der Waals surface area contributed by atoms with Gasteiger partial charge in [-0.1, -0.05) is 60.7 Å². The summed E-state index contributed by atoms with van der Waals surface area (Å²) < 4.78 is 0. The minimum Gasteiger partial charge on any atom is -0.396 e. The van der Waals surface area contributed by atoms with Gasteiger partial charge in [-0.2, -0.15) is 0 Å². The molecular weight excluding hydrogens is 326 g/mol. The van der Waals surface area contributed by atoms with Gasteiger partial charge in [-0.25, -0.2) is 5.43 Å². The number of rotatable bonds is 8. The van der Waals surface area contributed by atoms with Gasteiger partial charge in [-0.05, 0) is 24.5 Å². The molecule has 1 amide bonds. The molecule has 0 spiro atoms. The monoisotopic (exact) mass is 353 g/mol. The zero-order valence-corrected chi connectivity index (χ0v) is 15.1. The van der Waals surface area contributed by atoms with Gasteiger partial charge >= 0.3 is 0 Å². The van der Waals surface area contributed by atoms with Crippen LogP contribution in [0.15, 0.2) is 60.7 Å². The largest absolute Gasteiger partial charge is 0.396 e. The van der Waals surface area contributed by atoms with Gasteiger partial charge in [0.25, 0.3) is 0 Å². The Morgan fingerprint density at radius 2 is 1.54 bits per heavy atom. The molecular formula is C21H27N3O2. The number of amides is 1. The van der Waals surface area contributed by atoms with E-state index in [4.69, 9.17) is 0 Å². The molecule has 0 aliphatic carbocycles. The number of hydrogen-bond donors (Lipinski definition) is 3. The van der Waals surface area contributed by atoms with Crippen LogP contribution in [-0.2, 0) is 17.9 Å². The number of hydrogen-bond acceptors (Lipinski definition) is 4. The fourth-order valence-electron chi connectivity index (χ4n) is 3.62. The predicted octanol–water partition coefficient (Wildman–Crippen LogP) is 2.08. The lowest BCUT2D eigenvalue weighted by Crippen LogP contribution is -2.49. The molecule has 1 unspecified atom stereocenters. The molecule has 2 aromatic carbocycles. The highest BCUT2D eigenvalue weighted by molar-refractivity contribution is 5.81. The summed E-state index contributed by atoms with van der Waals surface area (Å²) in [5.74, 6) is -0.251. The van der Waals surface area contributed by atoms with Gasteiger partial charge in [0.15, 0.2) is 0 Å². The first-order chi connectivity index (χ1) is 12.7. The van der Waals surface area contributed by atoms with Crippen molar-refractivity contribution in [3.8, 4) is 0 Å². The molecule has 1 saturated heterocycles. The summed E-state index contributed by atoms with van der Waals surface area (Å²) in [4.78, 5) is 14.5. The molecule has 1 heterocycles. The molecule has 1 aliphatic rings. The fourth-order valence-corrected chi connectivity index (χ4v) is 3.62. The van der Waals surface area contributed by atoms with E-state index in [9.17, 15) is 9.90 Å². The van der Waals surface area contributed by atoms with Gasteiger partial charge in [0, 0.05) is 25.7 Å². The van der Waals surface area contributed by atoms with E-state index in [2.05, 4.69) is 46.9 Å². The van der Waals surface area contributed by atoms with Crippen LogP contribution in [0.2, 0.25) is 0 Å². The molecule has 26 heavy (non-hydrogen) atoms. The zero-order valence-electron chi connectivity index (χ0n) is 15.1. The number of benzene rings is 2. The Bertz CT molecular complexity index is 651. The van der Waals surface area contributed by atoms with Crippen LogP contribution in [0.1, 0.15) is 24.5 Å². The second kappa shape index (κ2) is 8.94. The van der Waals surface area contributed by atoms with Crippen molar-refractivity contribution in [3.63, 3.8) is 0 Å². The third kappa shape index (κ3) is 4.49. The van der Waals surface area contributed by atoms with E-state index in [0.29, 0.717) is 6.42 Å². The highest BCUT2D eigenvalue weighted by Gasteiger charge is 2.39. The van der Waals surface area contributed by atoms with Gasteiger partial charge in [0.2, 0.25) is 5.91 Å². The average Bonchev–Trinajstić information content (AvgIpc) is 3.03. The molecule has 5 heteroatoms. The molecule has 5 nitrogen and oxygen atoms in total. The number of aliphatic hydroxyl groups excluding tert-OH is 1. The van der Waals surface area contributed by atoms with Crippen LogP contribution in [0.5, 0.6) is 0 Å². The van der Waals surface area contributed by atoms with E-state index in [1.54, 1.807) is 0 Å². The molecule has 2 aromatic rings. The Kier molecular flexibility index (Phi) is 6.39. The highest BCUT2D eigenvalue weighted by atomic mass is 16.3. The smallest absolute Gasteiger partial charge is 0.238 e. The Labute approximate surface area is 155 Å². The molecule has 0 aromatic heterocycles. The van der Waals surface area contributed by atoms with Crippen molar-refractivity contribution >= 4 is 5.91 Å². The first-order valence-electron chi connectivity index (χ1n) is 9.17. The lowest BCUT2D eigenvalue weighted by molar-refractivity contribution is -0.123. The van der Waals surface area contributed by atoms with Gasteiger partial charge in [-0.15, -0.1) is 0 Å². The molecule has 0 saturated carbocycles. The third-order valence-electron chi connectivity index (χ3n) is 5.13. The second-order valence-corrected chi connectivity index (χ2v) is 6.89. The summed E-state index contributed by atoms with van der Waals surface area (Å²) in [6.45, 7) is 3.76. The van der Waals surface area contributed by atoms with Gasteiger partial charge < -0.3 is 5.11 Å². The average molecular weight is 353 g/mol. The number of aliphatic hydroxyl groups is 1. The van der Waals surface area contributed by atoms with Crippen LogP contribution in [0.4, 0.5) is 0 Å². The predicted molar refractivity (Wildman–Crippen MR) is 102 cm³/mol. The first-order valence-corrected chi connectivity index (χ1v) is 9.17. The van der Waals surface area contributed by atoms with E-state index in [0.717, 1.165) is 13.1 Å². The zero-order chi connectivity index (χ0) is 18.4. The van der Waals surface area contributed by atoms with E-state index >= 15 is 0 Å². The van der Waals surface area contributed by atoms with Crippen molar-refractivity contribution in [2.75, 3.05) is 6.61 Å². The van der Waals surface area contributed by atoms with Crippen molar-refractivity contribution in [1.29, 1.82) is 0 Å². The number of carbonyl (C=O) groups is 1. The van der Waals surface area contributed by atoms with Crippen LogP contribution >= 0.6 is 0 Å². The fraction of sp³-hybridized carbons (Fsp3) is 0.381. The molecule has 0 radical (unpaired) electrons. The summed E-state index contributed by atoms with van der Waals surface area (Å²) >= 11 is 0. The van der Waals surface area contributed by atoms with Crippen molar-refractivity contribution in [2.24, 2.45) is 5.92 Å². The molecule has 1 aliphatic heterocycles. The minimum absolute atomic E-state index is 0.0142. The quantitative estimate of drug-likeness (QED) is 0.680. The van der Waals surface area contributed by atoms with E-state index < -0.39 is 0 Å². The summed E-state index contributed by atoms with van der Waals surface area (Å²) in [5.41, 5.74) is 8.37. The van der Waals surface area contributed by atoms with Crippen LogP contribution in [0.3, 0.4) is 0 Å². The maximum absolute atomic E-state index is 12.1. The SMILES string of the molecule is C[C@@H]([C@@H]1NNC(=O)C1CCO)N(Cc1ccccc1)Cc1ccccc1. The third-order valence-corrected chi connectivity index (χ3v) is 5.13. The van der Waals surface area contributed by atoms with E-state index in [-0.39, 0.29) is 30.5 Å². The second-order valence-electron chi connectivity index (χ2n) is 6.89. The summed E-state index contributed by atoms with van der Waals surface area (Å²) in [7, 11) is 0. The van der Waals surface area contributed by atoms with Crippen LogP contribution < -0.4 is 10.9 Å². The summed E-state index contributed by atoms with van der Waals surface area (Å²) in [6.07, 6.45) is 0.471. The Morgan fingerprint density at radius 1 is 1.00 bits per heavy atom. The molecule has 0 bridgehead atoms. The topological polar surface area (TPSA) is 64.6 Å². The molecule has 3 rings (SSSR count). The number of nitrogens with zero attached hydrogens (tertiary/aromatic N) is 1. The van der Waals surface area contributed by atoms with Crippen molar-refractivity contribution in [1.82, 2.24) is 15.8 Å². The van der Waals surface area contributed by atoms with E-state index in [1.165, 1.54) is 11.1 Å². The van der Waals surface area contributed by atoms with Crippen molar-refractivity contribution in [3.05, 3.63) is 71.8 Å². The number of hydrazine groups is 1. The maximum atomic E-state index is 12.1. The minimum atomic E-state index is -0.218. The van der Waals surface area contributed by atoms with Crippen LogP contribution in [-0.4, -0.2) is 34.6 Å². The van der Waals surface area contributed by atoms with Gasteiger partial charge in [-0.3, -0.25) is 15.1 Å². The Balaban J connectivity index is 1.80. The lowest BCUT2D eigenvalue weighted by Gasteiger charge is -2.34. The number of nitrogens with one attached hydrogen (secondary N) is 2. The normalized spacial score (nSPS) is 21.0. The molecule has 3 atom stereocenters. The van der Waals surface area contributed by atoms with E-state index in [1.807, 2.05) is 36.4 Å². The lowest BCUT2D eigenvalue weighted by atomic mass is 9.91. The summed E-state index contributed by atoms with van der Waals surface area (Å²) in [6, 6.07) is 20.8. The summed E-state index contributed by atoms with van der Waals surface area (Å²) in [5, 5.41) is 9.33. The Hall–Kier alpha value is -2.21. The van der Waals surface area contributed by atoms with Gasteiger partial charge in [0.1, 0.15) is 0 Å². The molecule has 3 N–H and O–H groups in total.